The number of carbonyl (C=O) groups is 1. The molecule has 1 aromatic heterocycles. The van der Waals surface area contributed by atoms with Crippen molar-refractivity contribution in [3.63, 3.8) is 0 Å². The quantitative estimate of drug-likeness (QED) is 0.108. The van der Waals surface area contributed by atoms with Gasteiger partial charge in [0.15, 0.2) is 10.5 Å². The lowest BCUT2D eigenvalue weighted by Crippen LogP contribution is -2.41. The summed E-state index contributed by atoms with van der Waals surface area (Å²) in [4.78, 5) is 41.0. The van der Waals surface area contributed by atoms with Crippen LogP contribution in [-0.4, -0.2) is 28.2 Å². The van der Waals surface area contributed by atoms with E-state index in [1.165, 1.54) is 49.4 Å². The molecule has 4 aromatic rings. The lowest BCUT2D eigenvalue weighted by molar-refractivity contribution is -0.384. The highest BCUT2D eigenvalue weighted by atomic mass is 79.9. The van der Waals surface area contributed by atoms with Crippen LogP contribution in [0.25, 0.3) is 6.08 Å². The highest BCUT2D eigenvalue weighted by Gasteiger charge is 2.45. The predicted molar refractivity (Wildman–Crippen MR) is 172 cm³/mol. The Morgan fingerprint density at radius 2 is 1.83 bits per heavy atom. The summed E-state index contributed by atoms with van der Waals surface area (Å²) < 4.78 is 56.3. The van der Waals surface area contributed by atoms with Crippen molar-refractivity contribution in [1.82, 2.24) is 4.57 Å². The molecular formula is C30H19Br2ClF3N3O6S. The van der Waals surface area contributed by atoms with E-state index >= 15 is 0 Å². The third-order valence-corrected chi connectivity index (χ3v) is 8.92. The number of hydrogen-bond acceptors (Lipinski definition) is 8. The van der Waals surface area contributed by atoms with E-state index in [0.29, 0.717) is 42.2 Å². The van der Waals surface area contributed by atoms with E-state index < -0.39 is 39.9 Å². The molecule has 0 spiro atoms. The van der Waals surface area contributed by atoms with E-state index in [0.717, 1.165) is 4.57 Å². The van der Waals surface area contributed by atoms with Crippen molar-refractivity contribution in [2.75, 3.05) is 6.61 Å². The largest absolute Gasteiger partial charge is 0.487 e. The Balaban J connectivity index is 1.67. The standard InChI is InChI=1S/C30H19Br2ClF3N3O6S/c1-2-44-28(41)23-24(16-5-7-19(33)8-6-16)38-27(40)22(46-29(38)37-26(23)30(34,35)36)12-17-11-18(31)13-21(32)25(17)45-14-15-3-9-20(10-4-15)39(42)43/h3-13,24H,2,14H2,1H3/b22-12-/t24-/m1/s1. The number of ether oxygens (including phenoxy) is 2. The SMILES string of the molecule is CCOC(=O)C1=C(C(F)(F)F)N=c2s/c(=C\c3cc(Br)cc(Br)c3OCc3ccc([N+](=O)[O-])cc3)c(=O)n2[C@@H]1c1ccc(Cl)cc1. The van der Waals surface area contributed by atoms with Crippen LogP contribution in [0.5, 0.6) is 5.75 Å². The zero-order valence-corrected chi connectivity index (χ0v) is 28.1. The monoisotopic (exact) mass is 799 g/mol. The number of rotatable bonds is 8. The molecule has 0 unspecified atom stereocenters. The van der Waals surface area contributed by atoms with Gasteiger partial charge < -0.3 is 9.47 Å². The van der Waals surface area contributed by atoms with Crippen molar-refractivity contribution in [2.45, 2.75) is 25.7 Å². The maximum Gasteiger partial charge on any atom is 0.434 e. The van der Waals surface area contributed by atoms with Crippen LogP contribution in [-0.2, 0) is 16.1 Å². The van der Waals surface area contributed by atoms with Gasteiger partial charge in [-0.05, 0) is 76.5 Å². The molecular weight excluding hydrogens is 783 g/mol. The Hall–Kier alpha value is -3.79. The number of aromatic nitrogens is 1. The van der Waals surface area contributed by atoms with Crippen LogP contribution in [0.2, 0.25) is 5.02 Å². The van der Waals surface area contributed by atoms with Crippen LogP contribution in [0.15, 0.2) is 90.7 Å². The predicted octanol–water partition coefficient (Wildman–Crippen LogP) is 7.01. The number of fused-ring (bicyclic) bond motifs is 1. The van der Waals surface area contributed by atoms with Crippen molar-refractivity contribution in [3.8, 4) is 5.75 Å². The Morgan fingerprint density at radius 3 is 2.43 bits per heavy atom. The number of carbonyl (C=O) groups excluding carboxylic acids is 1. The molecule has 0 fully saturated rings. The molecule has 0 bridgehead atoms. The minimum absolute atomic E-state index is 0.00866. The molecule has 9 nitrogen and oxygen atoms in total. The summed E-state index contributed by atoms with van der Waals surface area (Å²) in [7, 11) is 0. The first-order valence-electron chi connectivity index (χ1n) is 13.2. The van der Waals surface area contributed by atoms with Crippen molar-refractivity contribution in [2.24, 2.45) is 4.99 Å². The molecule has 0 saturated carbocycles. The second-order valence-electron chi connectivity index (χ2n) is 9.63. The molecule has 3 aromatic carbocycles. The smallest absolute Gasteiger partial charge is 0.434 e. The topological polar surface area (TPSA) is 113 Å². The third kappa shape index (κ3) is 6.97. The molecule has 0 radical (unpaired) electrons. The van der Waals surface area contributed by atoms with Gasteiger partial charge in [0.1, 0.15) is 12.4 Å². The van der Waals surface area contributed by atoms with Gasteiger partial charge in [0.25, 0.3) is 11.2 Å². The maximum absolute atomic E-state index is 14.4. The Bertz CT molecular complexity index is 2060. The van der Waals surface area contributed by atoms with E-state index in [1.54, 1.807) is 24.3 Å². The molecule has 1 aliphatic heterocycles. The van der Waals surface area contributed by atoms with E-state index in [-0.39, 0.29) is 33.8 Å². The molecule has 0 N–H and O–H groups in total. The van der Waals surface area contributed by atoms with E-state index in [1.807, 2.05) is 0 Å². The zero-order chi connectivity index (χ0) is 33.3. The number of nitro benzene ring substituents is 1. The van der Waals surface area contributed by atoms with Gasteiger partial charge in [-0.1, -0.05) is 51.0 Å². The average molecular weight is 802 g/mol. The number of halogens is 6. The van der Waals surface area contributed by atoms with Gasteiger partial charge in [-0.15, -0.1) is 0 Å². The number of allylic oxidation sites excluding steroid dienone is 1. The van der Waals surface area contributed by atoms with Gasteiger partial charge in [0.2, 0.25) is 0 Å². The number of esters is 1. The molecule has 1 aliphatic rings. The molecule has 2 heterocycles. The first kappa shape index (κ1) is 33.6. The molecule has 1 atom stereocenters. The number of thiazole rings is 1. The van der Waals surface area contributed by atoms with Crippen LogP contribution in [0.1, 0.15) is 29.7 Å². The molecule has 0 amide bonds. The van der Waals surface area contributed by atoms with E-state index in [2.05, 4.69) is 36.9 Å². The van der Waals surface area contributed by atoms with Gasteiger partial charge in [-0.2, -0.15) is 13.2 Å². The van der Waals surface area contributed by atoms with Crippen molar-refractivity contribution < 1.29 is 32.4 Å². The summed E-state index contributed by atoms with van der Waals surface area (Å²) in [6, 6.07) is 13.3. The minimum Gasteiger partial charge on any atom is -0.487 e. The van der Waals surface area contributed by atoms with Crippen LogP contribution >= 0.6 is 54.8 Å². The second kappa shape index (κ2) is 13.5. The number of nitro groups is 1. The van der Waals surface area contributed by atoms with Crippen LogP contribution in [0.3, 0.4) is 0 Å². The van der Waals surface area contributed by atoms with E-state index in [4.69, 9.17) is 21.1 Å². The Kier molecular flexibility index (Phi) is 9.86. The molecule has 46 heavy (non-hydrogen) atoms. The summed E-state index contributed by atoms with van der Waals surface area (Å²) in [6.45, 7) is 1.26. The van der Waals surface area contributed by atoms with Crippen molar-refractivity contribution >= 4 is 72.5 Å². The first-order valence-corrected chi connectivity index (χ1v) is 16.0. The lowest BCUT2D eigenvalue weighted by atomic mass is 9.95. The Morgan fingerprint density at radius 1 is 1.15 bits per heavy atom. The number of hydrogen-bond donors (Lipinski definition) is 0. The normalized spacial score (nSPS) is 14.9. The fourth-order valence-corrected chi connectivity index (χ4v) is 7.14. The number of alkyl halides is 3. The molecule has 0 saturated heterocycles. The number of nitrogens with zero attached hydrogens (tertiary/aromatic N) is 3. The average Bonchev–Trinajstić information content (AvgIpc) is 3.30. The first-order chi connectivity index (χ1) is 21.8. The molecule has 238 valence electrons. The number of benzene rings is 3. The van der Waals surface area contributed by atoms with Gasteiger partial charge >= 0.3 is 12.1 Å². The molecule has 0 aliphatic carbocycles. The van der Waals surface area contributed by atoms with Gasteiger partial charge in [-0.3, -0.25) is 19.5 Å². The highest BCUT2D eigenvalue weighted by Crippen LogP contribution is 2.39. The van der Waals surface area contributed by atoms with Gasteiger partial charge in [0, 0.05) is 27.2 Å². The summed E-state index contributed by atoms with van der Waals surface area (Å²) in [5.74, 6) is -0.963. The van der Waals surface area contributed by atoms with E-state index in [9.17, 15) is 32.9 Å². The Labute approximate surface area is 283 Å². The number of non-ortho nitro benzene ring substituents is 1. The second-order valence-corrected chi connectivity index (χ2v) is 12.8. The summed E-state index contributed by atoms with van der Waals surface area (Å²) in [6.07, 6.45) is -3.60. The maximum atomic E-state index is 14.4. The van der Waals surface area contributed by atoms with Crippen LogP contribution in [0.4, 0.5) is 18.9 Å². The fourth-order valence-electron chi connectivity index (χ4n) is 4.65. The molecule has 5 rings (SSSR count). The fraction of sp³-hybridized carbons (Fsp3) is 0.167. The van der Waals surface area contributed by atoms with Crippen LogP contribution in [0, 0.1) is 10.1 Å². The van der Waals surface area contributed by atoms with Gasteiger partial charge in [0.05, 0.1) is 32.2 Å². The lowest BCUT2D eigenvalue weighted by Gasteiger charge is -2.26. The van der Waals surface area contributed by atoms with Crippen molar-refractivity contribution in [3.05, 3.63) is 132 Å². The summed E-state index contributed by atoms with van der Waals surface area (Å²) in [5, 5.41) is 11.3. The summed E-state index contributed by atoms with van der Waals surface area (Å²) in [5.41, 5.74) is -1.87. The molecule has 16 heteroatoms. The van der Waals surface area contributed by atoms with Crippen molar-refractivity contribution in [1.29, 1.82) is 0 Å². The summed E-state index contributed by atoms with van der Waals surface area (Å²) >= 11 is 13.6. The highest BCUT2D eigenvalue weighted by molar-refractivity contribution is 9.11. The minimum atomic E-state index is -5.05. The zero-order valence-electron chi connectivity index (χ0n) is 23.3. The third-order valence-electron chi connectivity index (χ3n) is 6.63. The van der Waals surface area contributed by atoms with Gasteiger partial charge in [-0.25, -0.2) is 9.79 Å². The van der Waals surface area contributed by atoms with Crippen LogP contribution < -0.4 is 19.6 Å².